The van der Waals surface area contributed by atoms with Gasteiger partial charge in [0.25, 0.3) is 0 Å². The van der Waals surface area contributed by atoms with Crippen LogP contribution in [-0.2, 0) is 16.3 Å². The molecule has 1 heterocycles. The van der Waals surface area contributed by atoms with Crippen LogP contribution in [0.15, 0.2) is 57.9 Å². The van der Waals surface area contributed by atoms with E-state index < -0.39 is 9.84 Å². The normalized spacial score (nSPS) is 11.9. The first-order valence-electron chi connectivity index (χ1n) is 6.37. The third-order valence-corrected chi connectivity index (χ3v) is 6.45. The van der Waals surface area contributed by atoms with Crippen LogP contribution in [0.3, 0.4) is 0 Å². The Morgan fingerprint density at radius 3 is 2.48 bits per heavy atom. The molecule has 0 saturated carbocycles. The fourth-order valence-corrected chi connectivity index (χ4v) is 4.62. The predicted octanol–water partition coefficient (Wildman–Crippen LogP) is 4.08. The van der Waals surface area contributed by atoms with Crippen LogP contribution in [0.25, 0.3) is 10.2 Å². The SMILES string of the molecule is O=S(=O)(CCc1nc2ccccc2s1)c1ccc(Br)cc1. The van der Waals surface area contributed by atoms with Gasteiger partial charge in [0.15, 0.2) is 9.84 Å². The van der Waals surface area contributed by atoms with E-state index in [-0.39, 0.29) is 5.75 Å². The highest BCUT2D eigenvalue weighted by Crippen LogP contribution is 2.23. The fourth-order valence-electron chi connectivity index (χ4n) is 2.01. The lowest BCUT2D eigenvalue weighted by Crippen LogP contribution is -2.09. The van der Waals surface area contributed by atoms with Crippen molar-refractivity contribution in [1.82, 2.24) is 4.98 Å². The second kappa shape index (κ2) is 5.87. The number of aryl methyl sites for hydroxylation is 1. The number of para-hydroxylation sites is 1. The van der Waals surface area contributed by atoms with E-state index in [1.165, 1.54) is 0 Å². The molecule has 0 N–H and O–H groups in total. The van der Waals surface area contributed by atoms with E-state index >= 15 is 0 Å². The molecule has 21 heavy (non-hydrogen) atoms. The molecule has 0 radical (unpaired) electrons. The average Bonchev–Trinajstić information content (AvgIpc) is 2.89. The Hall–Kier alpha value is -1.24. The van der Waals surface area contributed by atoms with Gasteiger partial charge in [0.05, 0.1) is 25.9 Å². The number of sulfone groups is 1. The maximum absolute atomic E-state index is 12.3. The number of halogens is 1. The Bertz CT molecular complexity index is 837. The van der Waals surface area contributed by atoms with Gasteiger partial charge in [0, 0.05) is 10.9 Å². The molecule has 3 rings (SSSR count). The molecular formula is C15H12BrNO2S2. The van der Waals surface area contributed by atoms with Crippen LogP contribution >= 0.6 is 27.3 Å². The van der Waals surface area contributed by atoms with Crippen molar-refractivity contribution in [2.45, 2.75) is 11.3 Å². The second-order valence-electron chi connectivity index (χ2n) is 4.60. The summed E-state index contributed by atoms with van der Waals surface area (Å²) in [6.45, 7) is 0. The van der Waals surface area contributed by atoms with Crippen molar-refractivity contribution in [2.75, 3.05) is 5.75 Å². The fraction of sp³-hybridized carbons (Fsp3) is 0.133. The Balaban J connectivity index is 1.78. The summed E-state index contributed by atoms with van der Waals surface area (Å²) < 4.78 is 26.5. The van der Waals surface area contributed by atoms with Gasteiger partial charge in [0.2, 0.25) is 0 Å². The Kier molecular flexibility index (Phi) is 4.10. The van der Waals surface area contributed by atoms with E-state index in [1.54, 1.807) is 35.6 Å². The molecule has 0 bridgehead atoms. The van der Waals surface area contributed by atoms with Gasteiger partial charge < -0.3 is 0 Å². The molecule has 1 aromatic heterocycles. The van der Waals surface area contributed by atoms with Gasteiger partial charge in [-0.1, -0.05) is 28.1 Å². The van der Waals surface area contributed by atoms with Gasteiger partial charge in [-0.2, -0.15) is 0 Å². The second-order valence-corrected chi connectivity index (χ2v) is 8.74. The summed E-state index contributed by atoms with van der Waals surface area (Å²) >= 11 is 4.86. The molecule has 0 aliphatic carbocycles. The molecule has 0 unspecified atom stereocenters. The topological polar surface area (TPSA) is 47.0 Å². The first-order valence-corrected chi connectivity index (χ1v) is 9.63. The number of thiazole rings is 1. The maximum atomic E-state index is 12.3. The molecule has 0 aliphatic rings. The molecule has 3 nitrogen and oxygen atoms in total. The van der Waals surface area contributed by atoms with Crippen LogP contribution in [0.5, 0.6) is 0 Å². The molecule has 0 atom stereocenters. The first kappa shape index (κ1) is 14.7. The van der Waals surface area contributed by atoms with Crippen molar-refractivity contribution >= 4 is 47.3 Å². The number of nitrogens with zero attached hydrogens (tertiary/aromatic N) is 1. The summed E-state index contributed by atoms with van der Waals surface area (Å²) in [6, 6.07) is 14.6. The van der Waals surface area contributed by atoms with Gasteiger partial charge in [0.1, 0.15) is 0 Å². The highest BCUT2D eigenvalue weighted by Gasteiger charge is 2.15. The van der Waals surface area contributed by atoms with E-state index in [2.05, 4.69) is 20.9 Å². The number of benzene rings is 2. The predicted molar refractivity (Wildman–Crippen MR) is 89.5 cm³/mol. The Labute approximate surface area is 135 Å². The number of hydrogen-bond acceptors (Lipinski definition) is 4. The third-order valence-electron chi connectivity index (χ3n) is 3.10. The monoisotopic (exact) mass is 381 g/mol. The molecule has 108 valence electrons. The van der Waals surface area contributed by atoms with Gasteiger partial charge in [-0.3, -0.25) is 0 Å². The minimum Gasteiger partial charge on any atom is -0.241 e. The first-order chi connectivity index (χ1) is 10.0. The van der Waals surface area contributed by atoms with Crippen molar-refractivity contribution in [3.05, 3.63) is 58.0 Å². The lowest BCUT2D eigenvalue weighted by atomic mass is 10.3. The number of rotatable bonds is 4. The molecular weight excluding hydrogens is 370 g/mol. The van der Waals surface area contributed by atoms with Crippen LogP contribution in [0.2, 0.25) is 0 Å². The molecule has 0 amide bonds. The number of fused-ring (bicyclic) bond motifs is 1. The van der Waals surface area contributed by atoms with Gasteiger partial charge in [-0.15, -0.1) is 11.3 Å². The number of hydrogen-bond donors (Lipinski definition) is 0. The summed E-state index contributed by atoms with van der Waals surface area (Å²) in [5.74, 6) is 0.0778. The third kappa shape index (κ3) is 3.33. The minimum absolute atomic E-state index is 0.0778. The zero-order valence-corrected chi connectivity index (χ0v) is 14.2. The van der Waals surface area contributed by atoms with Gasteiger partial charge in [-0.25, -0.2) is 13.4 Å². The number of aromatic nitrogens is 1. The van der Waals surface area contributed by atoms with E-state index in [4.69, 9.17) is 0 Å². The molecule has 0 spiro atoms. The zero-order valence-electron chi connectivity index (χ0n) is 11.0. The van der Waals surface area contributed by atoms with Crippen LogP contribution in [0, 0.1) is 0 Å². The van der Waals surface area contributed by atoms with Crippen LogP contribution < -0.4 is 0 Å². The van der Waals surface area contributed by atoms with E-state index in [1.807, 2.05) is 24.3 Å². The molecule has 3 aromatic rings. The lowest BCUT2D eigenvalue weighted by Gasteiger charge is -2.03. The summed E-state index contributed by atoms with van der Waals surface area (Å²) in [5.41, 5.74) is 0.929. The van der Waals surface area contributed by atoms with Crippen molar-refractivity contribution in [3.8, 4) is 0 Å². The van der Waals surface area contributed by atoms with Crippen molar-refractivity contribution in [1.29, 1.82) is 0 Å². The average molecular weight is 382 g/mol. The van der Waals surface area contributed by atoms with Crippen LogP contribution in [0.4, 0.5) is 0 Å². The van der Waals surface area contributed by atoms with Crippen LogP contribution in [-0.4, -0.2) is 19.2 Å². The highest BCUT2D eigenvalue weighted by molar-refractivity contribution is 9.10. The Morgan fingerprint density at radius 2 is 1.76 bits per heavy atom. The quantitative estimate of drug-likeness (QED) is 0.683. The Morgan fingerprint density at radius 1 is 1.05 bits per heavy atom. The highest BCUT2D eigenvalue weighted by atomic mass is 79.9. The smallest absolute Gasteiger partial charge is 0.178 e. The molecule has 0 fully saturated rings. The van der Waals surface area contributed by atoms with Crippen molar-refractivity contribution in [3.63, 3.8) is 0 Å². The van der Waals surface area contributed by atoms with E-state index in [0.717, 1.165) is 19.7 Å². The van der Waals surface area contributed by atoms with E-state index in [9.17, 15) is 8.42 Å². The van der Waals surface area contributed by atoms with Gasteiger partial charge >= 0.3 is 0 Å². The maximum Gasteiger partial charge on any atom is 0.178 e. The summed E-state index contributed by atoms with van der Waals surface area (Å²) in [5, 5.41) is 0.858. The van der Waals surface area contributed by atoms with E-state index in [0.29, 0.717) is 11.3 Å². The van der Waals surface area contributed by atoms with Crippen molar-refractivity contribution < 1.29 is 8.42 Å². The zero-order chi connectivity index (χ0) is 14.9. The molecule has 6 heteroatoms. The lowest BCUT2D eigenvalue weighted by molar-refractivity contribution is 0.595. The van der Waals surface area contributed by atoms with Crippen LogP contribution in [0.1, 0.15) is 5.01 Å². The molecule has 0 aliphatic heterocycles. The molecule has 0 saturated heterocycles. The largest absolute Gasteiger partial charge is 0.241 e. The minimum atomic E-state index is -3.27. The van der Waals surface area contributed by atoms with Crippen molar-refractivity contribution in [2.24, 2.45) is 0 Å². The summed E-state index contributed by atoms with van der Waals surface area (Å²) in [6.07, 6.45) is 0.442. The molecule has 2 aromatic carbocycles. The summed E-state index contributed by atoms with van der Waals surface area (Å²) in [7, 11) is -3.27. The van der Waals surface area contributed by atoms with Gasteiger partial charge in [-0.05, 0) is 36.4 Å². The standard InChI is InChI=1S/C15H12BrNO2S2/c16-11-5-7-12(8-6-11)21(18,19)10-9-15-17-13-3-1-2-4-14(13)20-15/h1-8H,9-10H2. The summed E-state index contributed by atoms with van der Waals surface area (Å²) in [4.78, 5) is 4.82.